The average Bonchev–Trinajstić information content (AvgIpc) is 3.03. The SMILES string of the molecule is COCCN(CCOC)Cc1c(O)ccc2c1O/C(=C/c1ccc(F)cc1)C2=O. The number of phenols is 1. The summed E-state index contributed by atoms with van der Waals surface area (Å²) in [6, 6.07) is 8.83. The fourth-order valence-electron chi connectivity index (χ4n) is 3.09. The number of hydrogen-bond donors (Lipinski definition) is 1. The Morgan fingerprint density at radius 2 is 1.72 bits per heavy atom. The van der Waals surface area contributed by atoms with E-state index in [1.807, 2.05) is 0 Å². The molecule has 2 aromatic carbocycles. The maximum absolute atomic E-state index is 13.1. The van der Waals surface area contributed by atoms with Crippen molar-refractivity contribution in [3.8, 4) is 11.5 Å². The number of ether oxygens (including phenoxy) is 3. The summed E-state index contributed by atoms with van der Waals surface area (Å²) < 4.78 is 29.3. The number of benzene rings is 2. The lowest BCUT2D eigenvalue weighted by atomic mass is 10.0. The number of Topliss-reactive ketones (excluding diaryl/α,β-unsaturated/α-hetero) is 1. The molecule has 1 heterocycles. The number of fused-ring (bicyclic) bond motifs is 1. The summed E-state index contributed by atoms with van der Waals surface area (Å²) in [7, 11) is 3.25. The fourth-order valence-corrected chi connectivity index (χ4v) is 3.09. The number of methoxy groups -OCH3 is 2. The van der Waals surface area contributed by atoms with E-state index in [2.05, 4.69) is 4.90 Å². The van der Waals surface area contributed by atoms with Crippen LogP contribution in [-0.2, 0) is 16.0 Å². The summed E-state index contributed by atoms with van der Waals surface area (Å²) in [6.07, 6.45) is 1.57. The van der Waals surface area contributed by atoms with Gasteiger partial charge in [0.15, 0.2) is 5.76 Å². The van der Waals surface area contributed by atoms with E-state index in [1.165, 1.54) is 18.2 Å². The van der Waals surface area contributed by atoms with Crippen LogP contribution in [0.2, 0.25) is 0 Å². The van der Waals surface area contributed by atoms with Crippen LogP contribution in [0.1, 0.15) is 21.5 Å². The molecule has 6 nitrogen and oxygen atoms in total. The molecule has 0 amide bonds. The van der Waals surface area contributed by atoms with E-state index in [0.717, 1.165) is 0 Å². The first-order chi connectivity index (χ1) is 14.0. The minimum Gasteiger partial charge on any atom is -0.507 e. The minimum atomic E-state index is -0.353. The number of halogens is 1. The highest BCUT2D eigenvalue weighted by Crippen LogP contribution is 2.40. The minimum absolute atomic E-state index is 0.0550. The summed E-state index contributed by atoms with van der Waals surface area (Å²) in [6.45, 7) is 2.69. The molecule has 0 saturated carbocycles. The van der Waals surface area contributed by atoms with Crippen molar-refractivity contribution in [1.82, 2.24) is 4.90 Å². The molecule has 2 aromatic rings. The molecular formula is C22H24FNO5. The fraction of sp³-hybridized carbons (Fsp3) is 0.318. The van der Waals surface area contributed by atoms with Crippen molar-refractivity contribution in [3.05, 3.63) is 64.7 Å². The van der Waals surface area contributed by atoms with Gasteiger partial charge in [-0.15, -0.1) is 0 Å². The van der Waals surface area contributed by atoms with Crippen LogP contribution in [-0.4, -0.2) is 56.3 Å². The van der Waals surface area contributed by atoms with Gasteiger partial charge in [-0.05, 0) is 35.9 Å². The maximum atomic E-state index is 13.1. The molecule has 0 aliphatic carbocycles. The van der Waals surface area contributed by atoms with Gasteiger partial charge >= 0.3 is 0 Å². The van der Waals surface area contributed by atoms with Crippen LogP contribution < -0.4 is 4.74 Å². The van der Waals surface area contributed by atoms with E-state index in [4.69, 9.17) is 14.2 Å². The maximum Gasteiger partial charge on any atom is 0.231 e. The number of allylic oxidation sites excluding steroid dienone is 1. The first kappa shape index (κ1) is 21.0. The predicted octanol–water partition coefficient (Wildman–Crippen LogP) is 3.24. The molecule has 1 aliphatic rings. The predicted molar refractivity (Wildman–Crippen MR) is 106 cm³/mol. The van der Waals surface area contributed by atoms with Crippen LogP contribution in [0.5, 0.6) is 11.5 Å². The monoisotopic (exact) mass is 401 g/mol. The Morgan fingerprint density at radius 1 is 1.07 bits per heavy atom. The average molecular weight is 401 g/mol. The standard InChI is InChI=1S/C22H24FNO5/c1-27-11-9-24(10-12-28-2)14-18-19(25)8-7-17-21(26)20(29-22(17)18)13-15-3-5-16(23)6-4-15/h3-8,13,25H,9-12,14H2,1-2H3/b20-13+. The molecule has 0 spiro atoms. The molecule has 0 fully saturated rings. The molecule has 0 unspecified atom stereocenters. The Labute approximate surface area is 169 Å². The molecular weight excluding hydrogens is 377 g/mol. The molecule has 29 heavy (non-hydrogen) atoms. The summed E-state index contributed by atoms with van der Waals surface area (Å²) in [5.74, 6) is -0.0826. The second kappa shape index (κ2) is 9.65. The third-order valence-corrected chi connectivity index (χ3v) is 4.69. The van der Waals surface area contributed by atoms with Crippen LogP contribution in [0.25, 0.3) is 6.08 Å². The largest absolute Gasteiger partial charge is 0.507 e. The summed E-state index contributed by atoms with van der Waals surface area (Å²) in [5.41, 5.74) is 1.57. The van der Waals surface area contributed by atoms with Gasteiger partial charge in [-0.3, -0.25) is 9.69 Å². The second-order valence-electron chi connectivity index (χ2n) is 6.69. The van der Waals surface area contributed by atoms with E-state index < -0.39 is 0 Å². The van der Waals surface area contributed by atoms with Gasteiger partial charge in [-0.25, -0.2) is 4.39 Å². The zero-order valence-electron chi connectivity index (χ0n) is 16.5. The molecule has 0 saturated heterocycles. The lowest BCUT2D eigenvalue weighted by Crippen LogP contribution is -2.30. The number of carbonyl (C=O) groups excluding carboxylic acids is 1. The zero-order chi connectivity index (χ0) is 20.8. The van der Waals surface area contributed by atoms with Gasteiger partial charge in [0.1, 0.15) is 17.3 Å². The van der Waals surface area contributed by atoms with E-state index in [0.29, 0.717) is 55.3 Å². The number of carbonyl (C=O) groups is 1. The van der Waals surface area contributed by atoms with Gasteiger partial charge in [0, 0.05) is 33.9 Å². The third-order valence-electron chi connectivity index (χ3n) is 4.69. The Bertz CT molecular complexity index is 887. The third kappa shape index (κ3) is 5.00. The summed E-state index contributed by atoms with van der Waals surface area (Å²) >= 11 is 0. The van der Waals surface area contributed by atoms with E-state index in [1.54, 1.807) is 38.5 Å². The van der Waals surface area contributed by atoms with Crippen molar-refractivity contribution in [2.75, 3.05) is 40.5 Å². The molecule has 0 atom stereocenters. The lowest BCUT2D eigenvalue weighted by molar-refractivity contribution is 0.101. The normalized spacial score (nSPS) is 14.5. The summed E-state index contributed by atoms with van der Waals surface area (Å²) in [5, 5.41) is 10.4. The first-order valence-electron chi connectivity index (χ1n) is 9.28. The molecule has 7 heteroatoms. The highest BCUT2D eigenvalue weighted by atomic mass is 19.1. The quantitative estimate of drug-likeness (QED) is 0.651. The van der Waals surface area contributed by atoms with Crippen LogP contribution in [0.15, 0.2) is 42.2 Å². The van der Waals surface area contributed by atoms with E-state index >= 15 is 0 Å². The Morgan fingerprint density at radius 3 is 2.34 bits per heavy atom. The van der Waals surface area contributed by atoms with Gasteiger partial charge < -0.3 is 19.3 Å². The van der Waals surface area contributed by atoms with Crippen molar-refractivity contribution in [2.45, 2.75) is 6.54 Å². The van der Waals surface area contributed by atoms with Crippen LogP contribution in [0.4, 0.5) is 4.39 Å². The molecule has 1 N–H and O–H groups in total. The number of hydrogen-bond acceptors (Lipinski definition) is 6. The molecule has 154 valence electrons. The number of nitrogens with zero attached hydrogens (tertiary/aromatic N) is 1. The van der Waals surface area contributed by atoms with Gasteiger partial charge in [0.2, 0.25) is 5.78 Å². The first-order valence-corrected chi connectivity index (χ1v) is 9.28. The number of phenolic OH excluding ortho intramolecular Hbond substituents is 1. The molecule has 0 bridgehead atoms. The van der Waals surface area contributed by atoms with Crippen molar-refractivity contribution < 1.29 is 28.5 Å². The molecule has 0 radical (unpaired) electrons. The van der Waals surface area contributed by atoms with E-state index in [-0.39, 0.29) is 23.1 Å². The highest BCUT2D eigenvalue weighted by molar-refractivity contribution is 6.15. The van der Waals surface area contributed by atoms with Crippen molar-refractivity contribution in [3.63, 3.8) is 0 Å². The molecule has 3 rings (SSSR count). The number of rotatable bonds is 9. The Balaban J connectivity index is 1.88. The number of aromatic hydroxyl groups is 1. The second-order valence-corrected chi connectivity index (χ2v) is 6.69. The molecule has 1 aliphatic heterocycles. The van der Waals surface area contributed by atoms with Gasteiger partial charge in [0.05, 0.1) is 24.3 Å². The topological polar surface area (TPSA) is 68.2 Å². The van der Waals surface area contributed by atoms with E-state index in [9.17, 15) is 14.3 Å². The van der Waals surface area contributed by atoms with Gasteiger partial charge in [0.25, 0.3) is 0 Å². The highest BCUT2D eigenvalue weighted by Gasteiger charge is 2.31. The zero-order valence-corrected chi connectivity index (χ0v) is 16.5. The van der Waals surface area contributed by atoms with Crippen LogP contribution >= 0.6 is 0 Å². The lowest BCUT2D eigenvalue weighted by Gasteiger charge is -2.23. The van der Waals surface area contributed by atoms with Crippen LogP contribution in [0.3, 0.4) is 0 Å². The van der Waals surface area contributed by atoms with Crippen molar-refractivity contribution in [2.24, 2.45) is 0 Å². The smallest absolute Gasteiger partial charge is 0.231 e. The number of ketones is 1. The Hall–Kier alpha value is -2.74. The van der Waals surface area contributed by atoms with Gasteiger partial charge in [-0.1, -0.05) is 12.1 Å². The Kier molecular flexibility index (Phi) is 6.98. The summed E-state index contributed by atoms with van der Waals surface area (Å²) in [4.78, 5) is 14.8. The van der Waals surface area contributed by atoms with Crippen molar-refractivity contribution >= 4 is 11.9 Å². The van der Waals surface area contributed by atoms with Crippen LogP contribution in [0, 0.1) is 5.82 Å². The molecule has 0 aromatic heterocycles. The van der Waals surface area contributed by atoms with Crippen molar-refractivity contribution in [1.29, 1.82) is 0 Å². The van der Waals surface area contributed by atoms with Gasteiger partial charge in [-0.2, -0.15) is 0 Å².